The number of ether oxygens (including phenoxy) is 1. The van der Waals surface area contributed by atoms with Crippen LogP contribution in [0.1, 0.15) is 22.2 Å². The van der Waals surface area contributed by atoms with Gasteiger partial charge in [-0.15, -0.1) is 11.3 Å². The number of nitro groups is 1. The summed E-state index contributed by atoms with van der Waals surface area (Å²) in [4.78, 5) is 13.0. The van der Waals surface area contributed by atoms with Crippen LogP contribution in [0.4, 0.5) is 5.69 Å². The van der Waals surface area contributed by atoms with Crippen LogP contribution in [0.3, 0.4) is 0 Å². The molecule has 1 aromatic heterocycles. The van der Waals surface area contributed by atoms with Gasteiger partial charge in [0.15, 0.2) is 5.75 Å². The van der Waals surface area contributed by atoms with E-state index < -0.39 is 4.92 Å². The molecular formula is C14H14BrNO3S. The molecule has 0 fully saturated rings. The minimum Gasteiger partial charge on any atom is -0.481 e. The summed E-state index contributed by atoms with van der Waals surface area (Å²) in [6.07, 6.45) is 0.991. The SMILES string of the molecule is CCc1ccc(COc2ccc(CBr)cc2[N+](=O)[O-])s1. The topological polar surface area (TPSA) is 52.4 Å². The first kappa shape index (κ1) is 15.0. The van der Waals surface area contributed by atoms with Crippen molar-refractivity contribution in [2.24, 2.45) is 0 Å². The molecule has 0 aliphatic carbocycles. The number of benzene rings is 1. The van der Waals surface area contributed by atoms with Crippen molar-refractivity contribution in [3.05, 3.63) is 55.8 Å². The molecule has 0 N–H and O–H groups in total. The monoisotopic (exact) mass is 355 g/mol. The highest BCUT2D eigenvalue weighted by atomic mass is 79.9. The lowest BCUT2D eigenvalue weighted by Crippen LogP contribution is -1.98. The fraction of sp³-hybridized carbons (Fsp3) is 0.286. The van der Waals surface area contributed by atoms with Gasteiger partial charge < -0.3 is 4.74 Å². The van der Waals surface area contributed by atoms with Crippen LogP contribution in [0.5, 0.6) is 5.75 Å². The van der Waals surface area contributed by atoms with Crippen molar-refractivity contribution in [3.63, 3.8) is 0 Å². The van der Waals surface area contributed by atoms with E-state index in [2.05, 4.69) is 28.9 Å². The molecule has 0 radical (unpaired) electrons. The van der Waals surface area contributed by atoms with Crippen LogP contribution in [0.15, 0.2) is 30.3 Å². The molecule has 0 spiro atoms. The zero-order valence-electron chi connectivity index (χ0n) is 11.0. The Labute approximate surface area is 129 Å². The molecule has 4 nitrogen and oxygen atoms in total. The summed E-state index contributed by atoms with van der Waals surface area (Å²) >= 11 is 4.96. The first-order valence-corrected chi connectivity index (χ1v) is 8.11. The van der Waals surface area contributed by atoms with Gasteiger partial charge in [-0.3, -0.25) is 10.1 Å². The van der Waals surface area contributed by atoms with Gasteiger partial charge >= 0.3 is 5.69 Å². The van der Waals surface area contributed by atoms with E-state index in [-0.39, 0.29) is 5.69 Å². The van der Waals surface area contributed by atoms with E-state index in [0.717, 1.165) is 16.9 Å². The molecule has 106 valence electrons. The Balaban J connectivity index is 2.14. The lowest BCUT2D eigenvalue weighted by molar-refractivity contribution is -0.386. The molecule has 2 aromatic rings. The summed E-state index contributed by atoms with van der Waals surface area (Å²) in [5, 5.41) is 11.6. The fourth-order valence-electron chi connectivity index (χ4n) is 1.75. The number of nitrogens with zero attached hydrogens (tertiary/aromatic N) is 1. The van der Waals surface area contributed by atoms with Gasteiger partial charge in [0.05, 0.1) is 4.92 Å². The third kappa shape index (κ3) is 3.58. The third-order valence-corrected chi connectivity index (χ3v) is 4.66. The van der Waals surface area contributed by atoms with Crippen LogP contribution >= 0.6 is 27.3 Å². The fourth-order valence-corrected chi connectivity index (χ4v) is 2.97. The highest BCUT2D eigenvalue weighted by Crippen LogP contribution is 2.30. The van der Waals surface area contributed by atoms with Gasteiger partial charge in [0, 0.05) is 21.2 Å². The molecule has 6 heteroatoms. The summed E-state index contributed by atoms with van der Waals surface area (Å²) in [6, 6.07) is 9.08. The first-order valence-electron chi connectivity index (χ1n) is 6.17. The molecule has 0 aliphatic rings. The van der Waals surface area contributed by atoms with E-state index in [1.807, 2.05) is 12.1 Å². The van der Waals surface area contributed by atoms with Crippen molar-refractivity contribution < 1.29 is 9.66 Å². The normalized spacial score (nSPS) is 10.5. The Morgan fingerprint density at radius 2 is 2.05 bits per heavy atom. The van der Waals surface area contributed by atoms with Gasteiger partial charge in [0.25, 0.3) is 0 Å². The lowest BCUT2D eigenvalue weighted by Gasteiger charge is -2.06. The molecule has 0 unspecified atom stereocenters. The van der Waals surface area contributed by atoms with Crippen LogP contribution in [0.25, 0.3) is 0 Å². The lowest BCUT2D eigenvalue weighted by atomic mass is 10.2. The Morgan fingerprint density at radius 3 is 2.65 bits per heavy atom. The van der Waals surface area contributed by atoms with Crippen LogP contribution in [0.2, 0.25) is 0 Å². The molecule has 1 heterocycles. The van der Waals surface area contributed by atoms with Crippen molar-refractivity contribution in [1.82, 2.24) is 0 Å². The molecule has 0 bridgehead atoms. The second-order valence-electron chi connectivity index (χ2n) is 4.20. The number of thiophene rings is 1. The van der Waals surface area contributed by atoms with Crippen molar-refractivity contribution in [1.29, 1.82) is 0 Å². The highest BCUT2D eigenvalue weighted by Gasteiger charge is 2.16. The maximum atomic E-state index is 11.1. The van der Waals surface area contributed by atoms with E-state index in [4.69, 9.17) is 4.74 Å². The van der Waals surface area contributed by atoms with E-state index in [9.17, 15) is 10.1 Å². The molecule has 0 amide bonds. The van der Waals surface area contributed by atoms with Crippen molar-refractivity contribution in [2.75, 3.05) is 0 Å². The zero-order valence-corrected chi connectivity index (χ0v) is 13.4. The average molecular weight is 356 g/mol. The minimum atomic E-state index is -0.409. The quantitative estimate of drug-likeness (QED) is 0.429. The number of nitro benzene ring substituents is 1. The zero-order chi connectivity index (χ0) is 14.5. The molecular weight excluding hydrogens is 342 g/mol. The Bertz CT molecular complexity index is 612. The Kier molecular flexibility index (Phi) is 5.14. The van der Waals surface area contributed by atoms with Gasteiger partial charge in [-0.2, -0.15) is 0 Å². The van der Waals surface area contributed by atoms with E-state index in [1.54, 1.807) is 17.4 Å². The van der Waals surface area contributed by atoms with Crippen LogP contribution in [-0.2, 0) is 18.4 Å². The largest absolute Gasteiger partial charge is 0.481 e. The van der Waals surface area contributed by atoms with Crippen LogP contribution in [0, 0.1) is 10.1 Å². The number of aryl methyl sites for hydroxylation is 1. The Hall–Kier alpha value is -1.40. The highest BCUT2D eigenvalue weighted by molar-refractivity contribution is 9.08. The standard InChI is InChI=1S/C14H14BrNO3S/c1-2-11-4-5-12(20-11)9-19-14-6-3-10(8-15)7-13(14)16(17)18/h3-7H,2,8-9H2,1H3. The van der Waals surface area contributed by atoms with Gasteiger partial charge in [-0.25, -0.2) is 0 Å². The minimum absolute atomic E-state index is 0.00854. The van der Waals surface area contributed by atoms with Crippen LogP contribution in [-0.4, -0.2) is 4.92 Å². The summed E-state index contributed by atoms with van der Waals surface area (Å²) < 4.78 is 5.60. The average Bonchev–Trinajstić information content (AvgIpc) is 2.92. The summed E-state index contributed by atoms with van der Waals surface area (Å²) in [7, 11) is 0. The molecule has 0 aliphatic heterocycles. The predicted octanol–water partition coefficient (Wildman–Crippen LogP) is 4.69. The number of hydrogen-bond acceptors (Lipinski definition) is 4. The maximum absolute atomic E-state index is 11.1. The second kappa shape index (κ2) is 6.85. The summed E-state index contributed by atoms with van der Waals surface area (Å²) in [6.45, 7) is 2.46. The third-order valence-electron chi connectivity index (χ3n) is 2.81. The first-order chi connectivity index (χ1) is 9.63. The summed E-state index contributed by atoms with van der Waals surface area (Å²) in [5.74, 6) is 0.311. The predicted molar refractivity (Wildman–Crippen MR) is 83.8 cm³/mol. The molecule has 2 rings (SSSR count). The van der Waals surface area contributed by atoms with Gasteiger partial charge in [-0.05, 0) is 30.2 Å². The number of hydrogen-bond donors (Lipinski definition) is 0. The second-order valence-corrected chi connectivity index (χ2v) is 6.02. The molecule has 20 heavy (non-hydrogen) atoms. The van der Waals surface area contributed by atoms with Crippen molar-refractivity contribution >= 4 is 33.0 Å². The van der Waals surface area contributed by atoms with Gasteiger partial charge in [0.2, 0.25) is 0 Å². The number of alkyl halides is 1. The molecule has 0 atom stereocenters. The summed E-state index contributed by atoms with van der Waals surface area (Å²) in [5.41, 5.74) is 0.864. The van der Waals surface area contributed by atoms with Crippen LogP contribution < -0.4 is 4.74 Å². The molecule has 1 aromatic carbocycles. The van der Waals surface area contributed by atoms with E-state index in [1.165, 1.54) is 10.9 Å². The van der Waals surface area contributed by atoms with Crippen molar-refractivity contribution in [3.8, 4) is 5.75 Å². The molecule has 0 saturated heterocycles. The number of rotatable bonds is 6. The smallest absolute Gasteiger partial charge is 0.311 e. The van der Waals surface area contributed by atoms with Gasteiger partial charge in [0.1, 0.15) is 6.61 Å². The van der Waals surface area contributed by atoms with E-state index >= 15 is 0 Å². The molecule has 0 saturated carbocycles. The Morgan fingerprint density at radius 1 is 1.30 bits per heavy atom. The van der Waals surface area contributed by atoms with E-state index in [0.29, 0.717) is 17.7 Å². The number of halogens is 1. The maximum Gasteiger partial charge on any atom is 0.311 e. The van der Waals surface area contributed by atoms with Crippen molar-refractivity contribution in [2.45, 2.75) is 25.3 Å². The van der Waals surface area contributed by atoms with Gasteiger partial charge in [-0.1, -0.05) is 28.9 Å².